The topological polar surface area (TPSA) is 81.9 Å². The average molecular weight is 622 g/mol. The van der Waals surface area contributed by atoms with Crippen molar-refractivity contribution in [2.75, 3.05) is 11.5 Å². The van der Waals surface area contributed by atoms with E-state index in [4.69, 9.17) is 21.7 Å². The molecule has 1 saturated heterocycles. The van der Waals surface area contributed by atoms with Gasteiger partial charge in [-0.25, -0.2) is 0 Å². The zero-order chi connectivity index (χ0) is 27.5. The molecule has 0 unspecified atom stereocenters. The van der Waals surface area contributed by atoms with Crippen LogP contribution >= 0.6 is 39.9 Å². The van der Waals surface area contributed by atoms with Crippen LogP contribution in [0.2, 0.25) is 0 Å². The molecule has 0 bridgehead atoms. The number of nitro benzene ring substituents is 1. The smallest absolute Gasteiger partial charge is 0.270 e. The normalized spacial score (nSPS) is 14.3. The van der Waals surface area contributed by atoms with E-state index in [1.165, 1.54) is 40.9 Å². The lowest BCUT2D eigenvalue weighted by Gasteiger charge is -2.16. The number of ether oxygens (including phenoxy) is 2. The molecule has 5 rings (SSSR count). The Morgan fingerprint density at radius 3 is 2.54 bits per heavy atom. The number of nitrogens with zero attached hydrogens (tertiary/aromatic N) is 2. The Morgan fingerprint density at radius 1 is 1.05 bits per heavy atom. The first-order valence-electron chi connectivity index (χ1n) is 11.9. The van der Waals surface area contributed by atoms with Crippen LogP contribution in [0.4, 0.5) is 11.4 Å². The van der Waals surface area contributed by atoms with Gasteiger partial charge in [0.2, 0.25) is 0 Å². The first-order chi connectivity index (χ1) is 18.9. The van der Waals surface area contributed by atoms with Crippen molar-refractivity contribution in [3.8, 4) is 11.5 Å². The fourth-order valence-electron chi connectivity index (χ4n) is 4.21. The molecule has 0 atom stereocenters. The van der Waals surface area contributed by atoms with Gasteiger partial charge in [-0.15, -0.1) is 0 Å². The fraction of sp³-hybridized carbons (Fsp3) is 0.103. The lowest BCUT2D eigenvalue weighted by atomic mass is 10.1. The number of amides is 1. The predicted octanol–water partition coefficient (Wildman–Crippen LogP) is 7.89. The SMILES string of the molecule is CCOc1cc(/C=C2\SC(=S)N(c3ccc([N+](=O)[O-])cc3)C2=O)cc(Br)c1OCc1cccc2ccccc12. The van der Waals surface area contributed by atoms with Crippen LogP contribution in [0.15, 0.2) is 88.2 Å². The zero-order valence-corrected chi connectivity index (χ0v) is 23.8. The van der Waals surface area contributed by atoms with Crippen molar-refractivity contribution in [2.24, 2.45) is 0 Å². The second-order valence-corrected chi connectivity index (χ2v) is 11.0. The summed E-state index contributed by atoms with van der Waals surface area (Å²) in [5.41, 5.74) is 2.20. The van der Waals surface area contributed by atoms with Crippen LogP contribution in [0.1, 0.15) is 18.1 Å². The van der Waals surface area contributed by atoms with Crippen molar-refractivity contribution in [1.29, 1.82) is 0 Å². The molecule has 0 saturated carbocycles. The Bertz CT molecular complexity index is 1630. The molecule has 4 aromatic rings. The molecule has 39 heavy (non-hydrogen) atoms. The highest BCUT2D eigenvalue weighted by Gasteiger charge is 2.33. The van der Waals surface area contributed by atoms with Crippen LogP contribution < -0.4 is 14.4 Å². The first-order valence-corrected chi connectivity index (χ1v) is 14.0. The first kappa shape index (κ1) is 26.9. The number of anilines is 1. The molecule has 196 valence electrons. The van der Waals surface area contributed by atoms with Gasteiger partial charge in [0.05, 0.1) is 26.6 Å². The van der Waals surface area contributed by atoms with E-state index in [9.17, 15) is 14.9 Å². The number of nitro groups is 1. The Labute approximate surface area is 242 Å². The molecule has 7 nitrogen and oxygen atoms in total. The van der Waals surface area contributed by atoms with Crippen molar-refractivity contribution in [1.82, 2.24) is 0 Å². The van der Waals surface area contributed by atoms with Crippen molar-refractivity contribution in [2.45, 2.75) is 13.5 Å². The maximum Gasteiger partial charge on any atom is 0.270 e. The van der Waals surface area contributed by atoms with Crippen molar-refractivity contribution < 1.29 is 19.2 Å². The van der Waals surface area contributed by atoms with Crippen molar-refractivity contribution in [3.05, 3.63) is 109 Å². The second kappa shape index (κ2) is 11.6. The largest absolute Gasteiger partial charge is 0.490 e. The van der Waals surface area contributed by atoms with Gasteiger partial charge in [0, 0.05) is 12.1 Å². The maximum absolute atomic E-state index is 13.2. The maximum atomic E-state index is 13.2. The molecule has 1 heterocycles. The van der Waals surface area contributed by atoms with Gasteiger partial charge < -0.3 is 9.47 Å². The highest BCUT2D eigenvalue weighted by molar-refractivity contribution is 9.10. The minimum Gasteiger partial charge on any atom is -0.490 e. The summed E-state index contributed by atoms with van der Waals surface area (Å²) in [5.74, 6) is 0.814. The minimum absolute atomic E-state index is 0.0594. The number of benzene rings is 4. The summed E-state index contributed by atoms with van der Waals surface area (Å²) in [7, 11) is 0. The van der Waals surface area contributed by atoms with E-state index in [1.807, 2.05) is 43.3 Å². The van der Waals surface area contributed by atoms with Gasteiger partial charge in [-0.1, -0.05) is 66.4 Å². The van der Waals surface area contributed by atoms with Crippen LogP contribution in [0.3, 0.4) is 0 Å². The van der Waals surface area contributed by atoms with E-state index in [1.54, 1.807) is 6.08 Å². The quantitative estimate of drug-likeness (QED) is 0.0857. The highest BCUT2D eigenvalue weighted by Crippen LogP contribution is 2.41. The van der Waals surface area contributed by atoms with E-state index in [-0.39, 0.29) is 11.6 Å². The number of rotatable bonds is 8. The molecular weight excluding hydrogens is 600 g/mol. The monoisotopic (exact) mass is 620 g/mol. The Hall–Kier alpha value is -3.73. The summed E-state index contributed by atoms with van der Waals surface area (Å²) in [5, 5.41) is 13.2. The number of carbonyl (C=O) groups is 1. The molecule has 1 fully saturated rings. The van der Waals surface area contributed by atoms with Gasteiger partial charge in [-0.05, 0) is 75.1 Å². The number of thioether (sulfide) groups is 1. The number of carbonyl (C=O) groups excluding carboxylic acids is 1. The standard InChI is InChI=1S/C29H21BrN2O5S2/c1-2-36-25-15-18(14-24(30)27(25)37-17-20-8-5-7-19-6-3-4-9-23(19)20)16-26-28(33)31(29(38)39-26)21-10-12-22(13-11-21)32(34)35/h3-16H,2,17H2,1H3/b26-16-. The van der Waals surface area contributed by atoms with E-state index in [2.05, 4.69) is 34.1 Å². The van der Waals surface area contributed by atoms with E-state index in [0.29, 0.717) is 44.1 Å². The highest BCUT2D eigenvalue weighted by atomic mass is 79.9. The molecule has 0 aliphatic carbocycles. The van der Waals surface area contributed by atoms with E-state index in [0.717, 1.165) is 21.9 Å². The third kappa shape index (κ3) is 5.68. The lowest BCUT2D eigenvalue weighted by Crippen LogP contribution is -2.27. The molecule has 0 spiro atoms. The molecule has 1 aliphatic rings. The van der Waals surface area contributed by atoms with E-state index >= 15 is 0 Å². The van der Waals surface area contributed by atoms with Crippen molar-refractivity contribution >= 4 is 78.4 Å². The van der Waals surface area contributed by atoms with Gasteiger partial charge in [0.15, 0.2) is 15.8 Å². The molecule has 0 aromatic heterocycles. The van der Waals surface area contributed by atoms with E-state index < -0.39 is 4.92 Å². The summed E-state index contributed by atoms with van der Waals surface area (Å²) in [4.78, 5) is 25.5. The van der Waals surface area contributed by atoms with Crippen LogP contribution in [0.5, 0.6) is 11.5 Å². The zero-order valence-electron chi connectivity index (χ0n) is 20.6. The summed E-state index contributed by atoms with van der Waals surface area (Å²) < 4.78 is 13.2. The molecule has 1 amide bonds. The van der Waals surface area contributed by atoms with Gasteiger partial charge >= 0.3 is 0 Å². The molecule has 4 aromatic carbocycles. The molecule has 0 N–H and O–H groups in total. The number of hydrogen-bond acceptors (Lipinski definition) is 7. The summed E-state index contributed by atoms with van der Waals surface area (Å²) >= 11 is 10.2. The van der Waals surface area contributed by atoms with Gasteiger partial charge in [-0.2, -0.15) is 0 Å². The predicted molar refractivity (Wildman–Crippen MR) is 162 cm³/mol. The van der Waals surface area contributed by atoms with Gasteiger partial charge in [-0.3, -0.25) is 19.8 Å². The summed E-state index contributed by atoms with van der Waals surface area (Å²) in [6.45, 7) is 2.68. The van der Waals surface area contributed by atoms with Crippen LogP contribution in [0, 0.1) is 10.1 Å². The molecule has 0 radical (unpaired) electrons. The summed E-state index contributed by atoms with van der Waals surface area (Å²) in [6, 6.07) is 23.7. The molecular formula is C29H21BrN2O5S2. The second-order valence-electron chi connectivity index (χ2n) is 8.48. The third-order valence-electron chi connectivity index (χ3n) is 5.99. The van der Waals surface area contributed by atoms with Crippen LogP contribution in [0.25, 0.3) is 16.8 Å². The van der Waals surface area contributed by atoms with Crippen LogP contribution in [-0.4, -0.2) is 21.8 Å². The number of thiocarbonyl (C=S) groups is 1. The van der Waals surface area contributed by atoms with Crippen LogP contribution in [-0.2, 0) is 11.4 Å². The lowest BCUT2D eigenvalue weighted by molar-refractivity contribution is -0.384. The minimum atomic E-state index is -0.489. The third-order valence-corrected chi connectivity index (χ3v) is 7.89. The fourth-order valence-corrected chi connectivity index (χ4v) is 6.08. The Kier molecular flexibility index (Phi) is 7.97. The Balaban J connectivity index is 1.40. The number of non-ortho nitro benzene ring substituents is 1. The van der Waals surface area contributed by atoms with Gasteiger partial charge in [0.25, 0.3) is 11.6 Å². The number of hydrogen-bond donors (Lipinski definition) is 0. The average Bonchev–Trinajstić information content (AvgIpc) is 3.20. The Morgan fingerprint density at radius 2 is 1.79 bits per heavy atom. The summed E-state index contributed by atoms with van der Waals surface area (Å²) in [6.07, 6.45) is 1.74. The molecule has 10 heteroatoms. The van der Waals surface area contributed by atoms with Gasteiger partial charge in [0.1, 0.15) is 6.61 Å². The number of fused-ring (bicyclic) bond motifs is 1. The van der Waals surface area contributed by atoms with Crippen molar-refractivity contribution in [3.63, 3.8) is 0 Å². The molecule has 1 aliphatic heterocycles. The number of halogens is 1.